The number of rotatable bonds is 4. The highest BCUT2D eigenvalue weighted by atomic mass is 16.5. The summed E-state index contributed by atoms with van der Waals surface area (Å²) in [5.41, 5.74) is 2.21. The maximum atomic E-state index is 10.3. The molecule has 1 N–H and O–H groups in total. The molecule has 0 bridgehead atoms. The van der Waals surface area contributed by atoms with Crippen LogP contribution in [0.5, 0.6) is 5.75 Å². The summed E-state index contributed by atoms with van der Waals surface area (Å²) in [7, 11) is 3.71. The van der Waals surface area contributed by atoms with Crippen LogP contribution >= 0.6 is 0 Å². The van der Waals surface area contributed by atoms with Gasteiger partial charge in [0, 0.05) is 19.5 Å². The molecule has 1 aliphatic heterocycles. The molecule has 0 spiro atoms. The molecule has 2 unspecified atom stereocenters. The molecule has 0 radical (unpaired) electrons. The summed E-state index contributed by atoms with van der Waals surface area (Å²) in [6, 6.07) is 6.03. The third-order valence-electron chi connectivity index (χ3n) is 3.59. The van der Waals surface area contributed by atoms with E-state index in [1.807, 2.05) is 19.1 Å². The van der Waals surface area contributed by atoms with E-state index < -0.39 is 6.10 Å². The van der Waals surface area contributed by atoms with Crippen LogP contribution in [0.25, 0.3) is 0 Å². The molecule has 0 amide bonds. The molecular weight excluding hydrogens is 242 g/mol. The predicted molar refractivity (Wildman–Crippen MR) is 74.7 cm³/mol. The highest BCUT2D eigenvalue weighted by molar-refractivity contribution is 5.37. The van der Waals surface area contributed by atoms with Gasteiger partial charge in [0.1, 0.15) is 5.75 Å². The standard InChI is InChI=1S/C15H23NO3/c1-11-4-5-14(18-3)12(8-11)9-13(17)15-10-16(2)6-7-19-15/h4-5,8,13,15,17H,6-7,9-10H2,1-3H3. The van der Waals surface area contributed by atoms with Crippen LogP contribution in [0.3, 0.4) is 0 Å². The average Bonchev–Trinajstić information content (AvgIpc) is 2.39. The van der Waals surface area contributed by atoms with Gasteiger partial charge < -0.3 is 19.5 Å². The Balaban J connectivity index is 2.05. The number of aliphatic hydroxyl groups is 1. The Kier molecular flexibility index (Phi) is 4.80. The van der Waals surface area contributed by atoms with Gasteiger partial charge in [-0.25, -0.2) is 0 Å². The number of nitrogens with zero attached hydrogens (tertiary/aromatic N) is 1. The topological polar surface area (TPSA) is 41.9 Å². The van der Waals surface area contributed by atoms with Gasteiger partial charge in [-0.3, -0.25) is 0 Å². The maximum absolute atomic E-state index is 10.3. The Morgan fingerprint density at radius 1 is 1.53 bits per heavy atom. The van der Waals surface area contributed by atoms with E-state index in [4.69, 9.17) is 9.47 Å². The van der Waals surface area contributed by atoms with Gasteiger partial charge in [-0.05, 0) is 25.6 Å². The SMILES string of the molecule is COc1ccc(C)cc1CC(O)C1CN(C)CCO1. The number of hydrogen-bond donors (Lipinski definition) is 1. The summed E-state index contributed by atoms with van der Waals surface area (Å²) in [4.78, 5) is 2.19. The maximum Gasteiger partial charge on any atom is 0.122 e. The zero-order valence-corrected chi connectivity index (χ0v) is 11.9. The van der Waals surface area contributed by atoms with E-state index in [-0.39, 0.29) is 6.10 Å². The number of benzene rings is 1. The summed E-state index contributed by atoms with van der Waals surface area (Å²) in [5.74, 6) is 0.828. The molecule has 0 saturated carbocycles. The second-order valence-corrected chi connectivity index (χ2v) is 5.26. The fourth-order valence-corrected chi connectivity index (χ4v) is 2.47. The lowest BCUT2D eigenvalue weighted by Gasteiger charge is -2.33. The van der Waals surface area contributed by atoms with Crippen LogP contribution in [0.15, 0.2) is 18.2 Å². The second-order valence-electron chi connectivity index (χ2n) is 5.26. The van der Waals surface area contributed by atoms with Gasteiger partial charge in [0.15, 0.2) is 0 Å². The Labute approximate surface area is 114 Å². The number of morpholine rings is 1. The van der Waals surface area contributed by atoms with E-state index >= 15 is 0 Å². The number of aryl methyl sites for hydroxylation is 1. The first-order chi connectivity index (χ1) is 9.10. The van der Waals surface area contributed by atoms with Crippen molar-refractivity contribution < 1.29 is 14.6 Å². The van der Waals surface area contributed by atoms with Gasteiger partial charge in [-0.1, -0.05) is 17.7 Å². The minimum atomic E-state index is -0.501. The zero-order valence-electron chi connectivity index (χ0n) is 11.9. The Morgan fingerprint density at radius 3 is 3.00 bits per heavy atom. The molecule has 0 aliphatic carbocycles. The molecule has 1 heterocycles. The lowest BCUT2D eigenvalue weighted by atomic mass is 10.0. The van der Waals surface area contributed by atoms with Crippen LogP contribution in [-0.2, 0) is 11.2 Å². The van der Waals surface area contributed by atoms with Crippen LogP contribution in [0.4, 0.5) is 0 Å². The van der Waals surface area contributed by atoms with Gasteiger partial charge in [0.05, 0.1) is 25.9 Å². The molecule has 1 fully saturated rings. The molecule has 1 aromatic carbocycles. The van der Waals surface area contributed by atoms with Crippen molar-refractivity contribution in [1.82, 2.24) is 4.90 Å². The van der Waals surface area contributed by atoms with Gasteiger partial charge in [0.2, 0.25) is 0 Å². The van der Waals surface area contributed by atoms with E-state index in [2.05, 4.69) is 18.0 Å². The van der Waals surface area contributed by atoms with Crippen LogP contribution in [0.2, 0.25) is 0 Å². The average molecular weight is 265 g/mol. The molecule has 1 aromatic rings. The number of aliphatic hydroxyl groups excluding tert-OH is 1. The van der Waals surface area contributed by atoms with E-state index in [0.29, 0.717) is 13.0 Å². The molecule has 0 aromatic heterocycles. The highest BCUT2D eigenvalue weighted by Gasteiger charge is 2.26. The Hall–Kier alpha value is -1.10. The van der Waals surface area contributed by atoms with Gasteiger partial charge >= 0.3 is 0 Å². The molecule has 2 rings (SSSR count). The van der Waals surface area contributed by atoms with Crippen molar-refractivity contribution in [3.8, 4) is 5.75 Å². The molecule has 4 heteroatoms. The summed E-state index contributed by atoms with van der Waals surface area (Å²) >= 11 is 0. The lowest BCUT2D eigenvalue weighted by Crippen LogP contribution is -2.46. The fourth-order valence-electron chi connectivity index (χ4n) is 2.47. The molecule has 19 heavy (non-hydrogen) atoms. The third-order valence-corrected chi connectivity index (χ3v) is 3.59. The molecular formula is C15H23NO3. The smallest absolute Gasteiger partial charge is 0.122 e. The second kappa shape index (κ2) is 6.37. The minimum Gasteiger partial charge on any atom is -0.496 e. The monoisotopic (exact) mass is 265 g/mol. The molecule has 4 nitrogen and oxygen atoms in total. The van der Waals surface area contributed by atoms with Crippen molar-refractivity contribution in [3.05, 3.63) is 29.3 Å². The van der Waals surface area contributed by atoms with Gasteiger partial charge in [-0.2, -0.15) is 0 Å². The quantitative estimate of drug-likeness (QED) is 0.889. The fraction of sp³-hybridized carbons (Fsp3) is 0.600. The minimum absolute atomic E-state index is 0.121. The summed E-state index contributed by atoms with van der Waals surface area (Å²) < 4.78 is 11.0. The molecule has 2 atom stereocenters. The Morgan fingerprint density at radius 2 is 2.32 bits per heavy atom. The first-order valence-electron chi connectivity index (χ1n) is 6.72. The number of ether oxygens (including phenoxy) is 2. The summed E-state index contributed by atoms with van der Waals surface area (Å²) in [5, 5.41) is 10.3. The summed E-state index contributed by atoms with van der Waals surface area (Å²) in [6.45, 7) is 4.43. The number of likely N-dealkylation sites (N-methyl/N-ethyl adjacent to an activating group) is 1. The Bertz CT molecular complexity index is 422. The number of methoxy groups -OCH3 is 1. The number of hydrogen-bond acceptors (Lipinski definition) is 4. The zero-order chi connectivity index (χ0) is 13.8. The lowest BCUT2D eigenvalue weighted by molar-refractivity contribution is -0.0824. The van der Waals surface area contributed by atoms with Gasteiger partial charge in [0.25, 0.3) is 0 Å². The van der Waals surface area contributed by atoms with Crippen molar-refractivity contribution in [3.63, 3.8) is 0 Å². The first-order valence-corrected chi connectivity index (χ1v) is 6.72. The first kappa shape index (κ1) is 14.3. The van der Waals surface area contributed by atoms with Crippen molar-refractivity contribution in [2.45, 2.75) is 25.6 Å². The van der Waals surface area contributed by atoms with E-state index in [9.17, 15) is 5.11 Å². The van der Waals surface area contributed by atoms with Crippen molar-refractivity contribution in [2.75, 3.05) is 33.9 Å². The summed E-state index contributed by atoms with van der Waals surface area (Å²) in [6.07, 6.45) is -0.0639. The highest BCUT2D eigenvalue weighted by Crippen LogP contribution is 2.23. The largest absolute Gasteiger partial charge is 0.496 e. The molecule has 106 valence electrons. The van der Waals surface area contributed by atoms with Crippen LogP contribution in [0, 0.1) is 6.92 Å². The predicted octanol–water partition coefficient (Wildman–Crippen LogP) is 1.24. The van der Waals surface area contributed by atoms with E-state index in [0.717, 1.165) is 24.4 Å². The van der Waals surface area contributed by atoms with Crippen LogP contribution in [0.1, 0.15) is 11.1 Å². The third kappa shape index (κ3) is 3.69. The van der Waals surface area contributed by atoms with Crippen molar-refractivity contribution in [2.24, 2.45) is 0 Å². The molecule has 1 aliphatic rings. The van der Waals surface area contributed by atoms with Crippen LogP contribution in [-0.4, -0.2) is 56.1 Å². The van der Waals surface area contributed by atoms with Crippen molar-refractivity contribution in [1.29, 1.82) is 0 Å². The van der Waals surface area contributed by atoms with E-state index in [1.165, 1.54) is 5.56 Å². The van der Waals surface area contributed by atoms with E-state index in [1.54, 1.807) is 7.11 Å². The van der Waals surface area contributed by atoms with Crippen molar-refractivity contribution >= 4 is 0 Å². The van der Waals surface area contributed by atoms with Crippen LogP contribution < -0.4 is 4.74 Å². The molecule has 1 saturated heterocycles. The van der Waals surface area contributed by atoms with Gasteiger partial charge in [-0.15, -0.1) is 0 Å². The normalized spacial score (nSPS) is 22.2.